The van der Waals surface area contributed by atoms with Crippen molar-refractivity contribution in [2.45, 2.75) is 12.5 Å². The Morgan fingerprint density at radius 2 is 1.92 bits per heavy atom. The summed E-state index contributed by atoms with van der Waals surface area (Å²) >= 11 is 0. The third-order valence-corrected chi connectivity index (χ3v) is 5.62. The average Bonchev–Trinajstić information content (AvgIpc) is 2.96. The van der Waals surface area contributed by atoms with Gasteiger partial charge in [-0.3, -0.25) is 9.79 Å². The molecule has 1 aromatic rings. The van der Waals surface area contributed by atoms with Crippen LogP contribution in [0.15, 0.2) is 29.3 Å². The number of carbonyl (C=O) groups excluding carboxylic acids is 1. The SMILES string of the molecule is CN=C(NCCNC(=O)c1ccc(OC)cc1)NC1CCS(=O)(=O)C1. The van der Waals surface area contributed by atoms with Gasteiger partial charge in [-0.05, 0) is 30.7 Å². The number of nitrogens with one attached hydrogen (secondary N) is 3. The maximum atomic E-state index is 12.0. The number of hydrogen-bond acceptors (Lipinski definition) is 5. The molecule has 1 aromatic carbocycles. The van der Waals surface area contributed by atoms with Gasteiger partial charge in [0.05, 0.1) is 18.6 Å². The fraction of sp³-hybridized carbons (Fsp3) is 0.500. The zero-order valence-corrected chi connectivity index (χ0v) is 15.2. The largest absolute Gasteiger partial charge is 0.497 e. The molecule has 0 bridgehead atoms. The Kier molecular flexibility index (Phi) is 6.63. The van der Waals surface area contributed by atoms with E-state index in [4.69, 9.17) is 4.74 Å². The molecule has 0 spiro atoms. The second-order valence-corrected chi connectivity index (χ2v) is 7.96. The molecule has 1 saturated heterocycles. The number of sulfone groups is 1. The van der Waals surface area contributed by atoms with E-state index in [0.717, 1.165) is 0 Å². The van der Waals surface area contributed by atoms with Crippen molar-refractivity contribution in [3.05, 3.63) is 29.8 Å². The zero-order chi connectivity index (χ0) is 18.3. The number of aliphatic imine (C=N–C) groups is 1. The van der Waals surface area contributed by atoms with E-state index in [1.807, 2.05) is 0 Å². The number of amides is 1. The van der Waals surface area contributed by atoms with Gasteiger partial charge in [-0.25, -0.2) is 8.42 Å². The lowest BCUT2D eigenvalue weighted by molar-refractivity contribution is 0.0954. The molecule has 1 atom stereocenters. The number of nitrogens with zero attached hydrogens (tertiary/aromatic N) is 1. The van der Waals surface area contributed by atoms with Crippen molar-refractivity contribution in [2.75, 3.05) is 38.8 Å². The van der Waals surface area contributed by atoms with Gasteiger partial charge >= 0.3 is 0 Å². The lowest BCUT2D eigenvalue weighted by Crippen LogP contribution is -2.46. The highest BCUT2D eigenvalue weighted by molar-refractivity contribution is 7.91. The highest BCUT2D eigenvalue weighted by Crippen LogP contribution is 2.11. The van der Waals surface area contributed by atoms with E-state index >= 15 is 0 Å². The van der Waals surface area contributed by atoms with Crippen molar-refractivity contribution in [2.24, 2.45) is 4.99 Å². The van der Waals surface area contributed by atoms with Crippen LogP contribution in [0.1, 0.15) is 16.8 Å². The highest BCUT2D eigenvalue weighted by Gasteiger charge is 2.28. The van der Waals surface area contributed by atoms with Crippen LogP contribution in [0.3, 0.4) is 0 Å². The molecule has 138 valence electrons. The summed E-state index contributed by atoms with van der Waals surface area (Å²) < 4.78 is 28.0. The summed E-state index contributed by atoms with van der Waals surface area (Å²) in [5, 5.41) is 8.95. The maximum Gasteiger partial charge on any atom is 0.251 e. The molecule has 0 radical (unpaired) electrons. The molecule has 25 heavy (non-hydrogen) atoms. The molecule has 9 heteroatoms. The summed E-state index contributed by atoms with van der Waals surface area (Å²) in [7, 11) is 0.259. The Bertz CT molecular complexity index is 716. The van der Waals surface area contributed by atoms with Gasteiger partial charge < -0.3 is 20.7 Å². The first kappa shape index (κ1) is 19.0. The second kappa shape index (κ2) is 8.70. The van der Waals surface area contributed by atoms with Gasteiger partial charge in [0, 0.05) is 31.7 Å². The first-order valence-electron chi connectivity index (χ1n) is 8.03. The molecule has 1 amide bonds. The minimum Gasteiger partial charge on any atom is -0.497 e. The van der Waals surface area contributed by atoms with Gasteiger partial charge in [-0.1, -0.05) is 0 Å². The molecule has 1 fully saturated rings. The van der Waals surface area contributed by atoms with Crippen molar-refractivity contribution in [3.8, 4) is 5.75 Å². The maximum absolute atomic E-state index is 12.0. The third-order valence-electron chi connectivity index (χ3n) is 3.85. The number of methoxy groups -OCH3 is 1. The fourth-order valence-corrected chi connectivity index (χ4v) is 4.17. The van der Waals surface area contributed by atoms with Crippen molar-refractivity contribution in [1.82, 2.24) is 16.0 Å². The minimum absolute atomic E-state index is 0.120. The van der Waals surface area contributed by atoms with Crippen molar-refractivity contribution >= 4 is 21.7 Å². The number of ether oxygens (including phenoxy) is 1. The van der Waals surface area contributed by atoms with E-state index in [1.165, 1.54) is 0 Å². The normalized spacial score (nSPS) is 19.3. The first-order valence-corrected chi connectivity index (χ1v) is 9.85. The van der Waals surface area contributed by atoms with E-state index < -0.39 is 9.84 Å². The lowest BCUT2D eigenvalue weighted by atomic mass is 10.2. The highest BCUT2D eigenvalue weighted by atomic mass is 32.2. The van der Waals surface area contributed by atoms with Gasteiger partial charge in [0.2, 0.25) is 0 Å². The summed E-state index contributed by atoms with van der Waals surface area (Å²) in [5.74, 6) is 1.39. The summed E-state index contributed by atoms with van der Waals surface area (Å²) in [5.41, 5.74) is 0.555. The smallest absolute Gasteiger partial charge is 0.251 e. The summed E-state index contributed by atoms with van der Waals surface area (Å²) in [6.07, 6.45) is 0.581. The molecular weight excluding hydrogens is 344 g/mol. The van der Waals surface area contributed by atoms with Crippen molar-refractivity contribution < 1.29 is 17.9 Å². The van der Waals surface area contributed by atoms with Crippen molar-refractivity contribution in [3.63, 3.8) is 0 Å². The van der Waals surface area contributed by atoms with Crippen LogP contribution in [0, 0.1) is 0 Å². The molecular formula is C16H24N4O4S. The Hall–Kier alpha value is -2.29. The fourth-order valence-electron chi connectivity index (χ4n) is 2.50. The third kappa shape index (κ3) is 5.93. The van der Waals surface area contributed by atoms with Crippen LogP contribution < -0.4 is 20.7 Å². The first-order chi connectivity index (χ1) is 11.9. The Labute approximate surface area is 148 Å². The van der Waals surface area contributed by atoms with E-state index in [2.05, 4.69) is 20.9 Å². The van der Waals surface area contributed by atoms with Crippen LogP contribution in [0.2, 0.25) is 0 Å². The molecule has 2 rings (SSSR count). The van der Waals surface area contributed by atoms with Crippen LogP contribution in [0.5, 0.6) is 5.75 Å². The Balaban J connectivity index is 1.71. The monoisotopic (exact) mass is 368 g/mol. The van der Waals surface area contributed by atoms with Gasteiger partial charge in [0.1, 0.15) is 5.75 Å². The van der Waals surface area contributed by atoms with E-state index in [9.17, 15) is 13.2 Å². The van der Waals surface area contributed by atoms with Gasteiger partial charge in [0.25, 0.3) is 5.91 Å². The standard InChI is InChI=1S/C16H24N4O4S/c1-17-16(20-13-7-10-25(22,23)11-13)19-9-8-18-15(21)12-3-5-14(24-2)6-4-12/h3-6,13H,7-11H2,1-2H3,(H,18,21)(H2,17,19,20). The zero-order valence-electron chi connectivity index (χ0n) is 14.4. The molecule has 1 aliphatic rings. The molecule has 1 heterocycles. The molecule has 1 aliphatic heterocycles. The van der Waals surface area contributed by atoms with Crippen LogP contribution in [0.25, 0.3) is 0 Å². The van der Waals surface area contributed by atoms with E-state index in [1.54, 1.807) is 38.4 Å². The number of guanidine groups is 1. The van der Waals surface area contributed by atoms with E-state index in [-0.39, 0.29) is 23.5 Å². The summed E-state index contributed by atoms with van der Waals surface area (Å²) in [6.45, 7) is 0.884. The van der Waals surface area contributed by atoms with Crippen LogP contribution in [0.4, 0.5) is 0 Å². The Morgan fingerprint density at radius 3 is 2.48 bits per heavy atom. The molecule has 0 aromatic heterocycles. The topological polar surface area (TPSA) is 109 Å². The summed E-state index contributed by atoms with van der Waals surface area (Å²) in [6, 6.07) is 6.74. The molecule has 0 aliphatic carbocycles. The van der Waals surface area contributed by atoms with Gasteiger partial charge in [-0.2, -0.15) is 0 Å². The van der Waals surface area contributed by atoms with Crippen LogP contribution >= 0.6 is 0 Å². The minimum atomic E-state index is -2.93. The quantitative estimate of drug-likeness (QED) is 0.364. The molecule has 0 saturated carbocycles. The average molecular weight is 368 g/mol. The summed E-state index contributed by atoms with van der Waals surface area (Å²) in [4.78, 5) is 16.1. The van der Waals surface area contributed by atoms with E-state index in [0.29, 0.717) is 36.8 Å². The van der Waals surface area contributed by atoms with Crippen LogP contribution in [-0.2, 0) is 9.84 Å². The second-order valence-electron chi connectivity index (χ2n) is 5.73. The predicted molar refractivity (Wildman–Crippen MR) is 96.9 cm³/mol. The van der Waals surface area contributed by atoms with Crippen molar-refractivity contribution in [1.29, 1.82) is 0 Å². The van der Waals surface area contributed by atoms with Gasteiger partial charge in [-0.15, -0.1) is 0 Å². The number of benzene rings is 1. The molecule has 8 nitrogen and oxygen atoms in total. The Morgan fingerprint density at radius 1 is 1.24 bits per heavy atom. The number of hydrogen-bond donors (Lipinski definition) is 3. The molecule has 1 unspecified atom stereocenters. The molecule has 3 N–H and O–H groups in total. The van der Waals surface area contributed by atoms with Crippen LogP contribution in [-0.4, -0.2) is 65.1 Å². The lowest BCUT2D eigenvalue weighted by Gasteiger charge is -2.16. The van der Waals surface area contributed by atoms with Gasteiger partial charge in [0.15, 0.2) is 15.8 Å². The number of carbonyl (C=O) groups is 1. The number of rotatable bonds is 6. The predicted octanol–water partition coefficient (Wildman–Crippen LogP) is -0.223.